The standard InChI is InChI=1S/C15H25NO2S/c1-3-18-15-11-13(7-8-14(15)17)12-16-9-5-4-6-10-19-2/h7-8,11,16-17H,3-6,9-10,12H2,1-2H3. The van der Waals surface area contributed by atoms with E-state index in [1.807, 2.05) is 30.8 Å². The second kappa shape index (κ2) is 9.98. The molecule has 0 fully saturated rings. The van der Waals surface area contributed by atoms with Gasteiger partial charge >= 0.3 is 0 Å². The van der Waals surface area contributed by atoms with E-state index in [4.69, 9.17) is 4.74 Å². The summed E-state index contributed by atoms with van der Waals surface area (Å²) in [4.78, 5) is 0. The zero-order chi connectivity index (χ0) is 13.9. The molecular weight excluding hydrogens is 258 g/mol. The average Bonchev–Trinajstić information content (AvgIpc) is 2.41. The molecule has 0 saturated carbocycles. The number of thioether (sulfide) groups is 1. The zero-order valence-corrected chi connectivity index (χ0v) is 12.8. The topological polar surface area (TPSA) is 41.5 Å². The van der Waals surface area contributed by atoms with E-state index in [1.54, 1.807) is 6.07 Å². The van der Waals surface area contributed by atoms with Gasteiger partial charge in [0.2, 0.25) is 0 Å². The molecule has 0 saturated heterocycles. The van der Waals surface area contributed by atoms with Crippen LogP contribution < -0.4 is 10.1 Å². The minimum Gasteiger partial charge on any atom is -0.504 e. The monoisotopic (exact) mass is 283 g/mol. The van der Waals surface area contributed by atoms with Crippen molar-refractivity contribution in [2.45, 2.75) is 32.7 Å². The van der Waals surface area contributed by atoms with E-state index in [2.05, 4.69) is 11.6 Å². The minimum absolute atomic E-state index is 0.211. The Balaban J connectivity index is 2.23. The van der Waals surface area contributed by atoms with Crippen LogP contribution in [0.5, 0.6) is 11.5 Å². The van der Waals surface area contributed by atoms with Gasteiger partial charge in [-0.3, -0.25) is 0 Å². The van der Waals surface area contributed by atoms with Crippen molar-refractivity contribution in [3.8, 4) is 11.5 Å². The molecule has 0 spiro atoms. The maximum atomic E-state index is 9.61. The van der Waals surface area contributed by atoms with E-state index < -0.39 is 0 Å². The van der Waals surface area contributed by atoms with Crippen molar-refractivity contribution in [3.05, 3.63) is 23.8 Å². The Hall–Kier alpha value is -0.870. The van der Waals surface area contributed by atoms with Crippen molar-refractivity contribution in [3.63, 3.8) is 0 Å². The van der Waals surface area contributed by atoms with Gasteiger partial charge in [-0.1, -0.05) is 12.5 Å². The summed E-state index contributed by atoms with van der Waals surface area (Å²) in [5.74, 6) is 2.04. The van der Waals surface area contributed by atoms with Gasteiger partial charge in [-0.05, 0) is 56.0 Å². The maximum absolute atomic E-state index is 9.61. The first-order chi connectivity index (χ1) is 9.27. The summed E-state index contributed by atoms with van der Waals surface area (Å²) in [6.07, 6.45) is 5.96. The first kappa shape index (κ1) is 16.2. The summed E-state index contributed by atoms with van der Waals surface area (Å²) in [7, 11) is 0. The van der Waals surface area contributed by atoms with Gasteiger partial charge in [-0.2, -0.15) is 11.8 Å². The van der Waals surface area contributed by atoms with E-state index in [0.717, 1.165) is 18.7 Å². The van der Waals surface area contributed by atoms with E-state index in [1.165, 1.54) is 25.0 Å². The van der Waals surface area contributed by atoms with Gasteiger partial charge in [-0.25, -0.2) is 0 Å². The lowest BCUT2D eigenvalue weighted by Crippen LogP contribution is -2.14. The lowest BCUT2D eigenvalue weighted by molar-refractivity contribution is 0.317. The lowest BCUT2D eigenvalue weighted by Gasteiger charge is -2.09. The molecule has 1 aromatic carbocycles. The summed E-state index contributed by atoms with van der Waals surface area (Å²) in [6, 6.07) is 5.53. The van der Waals surface area contributed by atoms with E-state index in [9.17, 15) is 5.11 Å². The normalized spacial score (nSPS) is 10.6. The highest BCUT2D eigenvalue weighted by atomic mass is 32.2. The first-order valence-corrected chi connectivity index (χ1v) is 8.31. The number of unbranched alkanes of at least 4 members (excludes halogenated alkanes) is 2. The van der Waals surface area contributed by atoms with Gasteiger partial charge in [0.15, 0.2) is 11.5 Å². The Labute approximate surface area is 120 Å². The van der Waals surface area contributed by atoms with Crippen molar-refractivity contribution >= 4 is 11.8 Å². The second-order valence-electron chi connectivity index (χ2n) is 4.47. The SMILES string of the molecule is CCOc1cc(CNCCCCCSC)ccc1O. The highest BCUT2D eigenvalue weighted by molar-refractivity contribution is 7.98. The number of hydrogen-bond acceptors (Lipinski definition) is 4. The quantitative estimate of drug-likeness (QED) is 0.646. The Morgan fingerprint density at radius 2 is 2.11 bits per heavy atom. The van der Waals surface area contributed by atoms with Crippen LogP contribution >= 0.6 is 11.8 Å². The highest BCUT2D eigenvalue weighted by Gasteiger charge is 2.03. The molecule has 19 heavy (non-hydrogen) atoms. The third kappa shape index (κ3) is 6.73. The van der Waals surface area contributed by atoms with Crippen LogP contribution in [0.15, 0.2) is 18.2 Å². The number of benzene rings is 1. The average molecular weight is 283 g/mol. The van der Waals surface area contributed by atoms with Gasteiger partial charge in [0, 0.05) is 6.54 Å². The second-order valence-corrected chi connectivity index (χ2v) is 5.45. The molecule has 1 rings (SSSR count). The van der Waals surface area contributed by atoms with Gasteiger partial charge in [0.1, 0.15) is 0 Å². The molecule has 0 unspecified atom stereocenters. The zero-order valence-electron chi connectivity index (χ0n) is 11.9. The predicted octanol–water partition coefficient (Wildman–Crippen LogP) is 3.41. The Bertz CT molecular complexity index is 358. The summed E-state index contributed by atoms with van der Waals surface area (Å²) in [5.41, 5.74) is 1.14. The molecule has 0 bridgehead atoms. The number of ether oxygens (including phenoxy) is 1. The third-order valence-corrected chi connectivity index (χ3v) is 3.55. The number of rotatable bonds is 10. The van der Waals surface area contributed by atoms with Crippen LogP contribution in [0.4, 0.5) is 0 Å². The summed E-state index contributed by atoms with van der Waals surface area (Å²) in [6.45, 7) is 4.35. The molecule has 3 nitrogen and oxygen atoms in total. The molecule has 0 aliphatic rings. The van der Waals surface area contributed by atoms with Gasteiger partial charge in [0.25, 0.3) is 0 Å². The molecule has 0 amide bonds. The van der Waals surface area contributed by atoms with Crippen LogP contribution in [0.1, 0.15) is 31.7 Å². The maximum Gasteiger partial charge on any atom is 0.161 e. The number of aromatic hydroxyl groups is 1. The lowest BCUT2D eigenvalue weighted by atomic mass is 10.2. The molecule has 108 valence electrons. The summed E-state index contributed by atoms with van der Waals surface area (Å²) >= 11 is 1.91. The molecule has 4 heteroatoms. The van der Waals surface area contributed by atoms with Crippen molar-refractivity contribution in [1.82, 2.24) is 5.32 Å². The van der Waals surface area contributed by atoms with Crippen molar-refractivity contribution in [1.29, 1.82) is 0 Å². The third-order valence-electron chi connectivity index (χ3n) is 2.86. The van der Waals surface area contributed by atoms with E-state index >= 15 is 0 Å². The predicted molar refractivity (Wildman–Crippen MR) is 83.2 cm³/mol. The van der Waals surface area contributed by atoms with E-state index in [-0.39, 0.29) is 5.75 Å². The minimum atomic E-state index is 0.211. The number of hydrogen-bond donors (Lipinski definition) is 2. The van der Waals surface area contributed by atoms with Gasteiger partial charge < -0.3 is 15.2 Å². The van der Waals surface area contributed by atoms with Gasteiger partial charge in [-0.15, -0.1) is 0 Å². The molecule has 1 aromatic rings. The Morgan fingerprint density at radius 1 is 1.26 bits per heavy atom. The molecule has 2 N–H and O–H groups in total. The molecule has 0 heterocycles. The highest BCUT2D eigenvalue weighted by Crippen LogP contribution is 2.26. The Kier molecular flexibility index (Phi) is 8.50. The van der Waals surface area contributed by atoms with Gasteiger partial charge in [0.05, 0.1) is 6.61 Å². The fourth-order valence-electron chi connectivity index (χ4n) is 1.85. The Morgan fingerprint density at radius 3 is 2.84 bits per heavy atom. The van der Waals surface area contributed by atoms with Crippen LogP contribution in [0.2, 0.25) is 0 Å². The molecule has 0 aliphatic carbocycles. The van der Waals surface area contributed by atoms with Crippen LogP contribution in [0, 0.1) is 0 Å². The van der Waals surface area contributed by atoms with Crippen molar-refractivity contribution < 1.29 is 9.84 Å². The summed E-state index contributed by atoms with van der Waals surface area (Å²) in [5, 5.41) is 13.0. The van der Waals surface area contributed by atoms with E-state index in [0.29, 0.717) is 12.4 Å². The fraction of sp³-hybridized carbons (Fsp3) is 0.600. The number of phenols is 1. The molecule has 0 atom stereocenters. The largest absolute Gasteiger partial charge is 0.504 e. The molecular formula is C15H25NO2S. The van der Waals surface area contributed by atoms with Crippen LogP contribution in [-0.2, 0) is 6.54 Å². The van der Waals surface area contributed by atoms with Crippen molar-refractivity contribution in [2.75, 3.05) is 25.2 Å². The van der Waals surface area contributed by atoms with Crippen LogP contribution in [0.3, 0.4) is 0 Å². The number of nitrogens with one attached hydrogen (secondary N) is 1. The molecule has 0 aliphatic heterocycles. The van der Waals surface area contributed by atoms with Crippen LogP contribution in [-0.4, -0.2) is 30.3 Å². The first-order valence-electron chi connectivity index (χ1n) is 6.92. The van der Waals surface area contributed by atoms with Crippen LogP contribution in [0.25, 0.3) is 0 Å². The van der Waals surface area contributed by atoms with Crippen molar-refractivity contribution in [2.24, 2.45) is 0 Å². The fourth-order valence-corrected chi connectivity index (χ4v) is 2.34. The smallest absolute Gasteiger partial charge is 0.161 e. The number of phenolic OH excluding ortho intramolecular Hbond substituents is 1. The molecule has 0 radical (unpaired) electrons. The molecule has 0 aromatic heterocycles. The summed E-state index contributed by atoms with van der Waals surface area (Å²) < 4.78 is 5.37.